The van der Waals surface area contributed by atoms with Crippen LogP contribution >= 0.6 is 0 Å². The van der Waals surface area contributed by atoms with Crippen molar-refractivity contribution in [2.45, 2.75) is 31.7 Å². The monoisotopic (exact) mass is 514 g/mol. The molecular formula is C27H34N2O8. The molecule has 7 N–H and O–H groups in total. The number of hydrogen-bond donors (Lipinski definition) is 5. The fraction of sp³-hybridized carbons (Fsp3) is 0.296. The number of phenolic OH excluding ortho intramolecular Hbond substituents is 2. The molecule has 0 fully saturated rings. The molecule has 10 heteroatoms. The van der Waals surface area contributed by atoms with Crippen LogP contribution in [-0.2, 0) is 14.4 Å². The molecule has 0 aromatic heterocycles. The number of carbonyl (C=O) groups excluding carboxylic acids is 2. The van der Waals surface area contributed by atoms with Crippen molar-refractivity contribution in [3.05, 3.63) is 59.7 Å². The number of allylic oxidation sites excluding steroid dienone is 2. The summed E-state index contributed by atoms with van der Waals surface area (Å²) in [5.74, 6) is -1.02. The van der Waals surface area contributed by atoms with Gasteiger partial charge in [-0.1, -0.05) is 30.7 Å². The molecule has 10 nitrogen and oxygen atoms in total. The van der Waals surface area contributed by atoms with E-state index in [2.05, 4.69) is 0 Å². The predicted molar refractivity (Wildman–Crippen MR) is 141 cm³/mol. The molecule has 2 rings (SSSR count). The van der Waals surface area contributed by atoms with Gasteiger partial charge in [-0.2, -0.15) is 0 Å². The number of nitrogens with two attached hydrogens (primary N) is 2. The topological polar surface area (TPSA) is 182 Å². The van der Waals surface area contributed by atoms with Crippen molar-refractivity contribution in [2.24, 2.45) is 11.5 Å². The third-order valence-electron chi connectivity index (χ3n) is 4.97. The van der Waals surface area contributed by atoms with E-state index >= 15 is 0 Å². The minimum atomic E-state index is -0.933. The fourth-order valence-corrected chi connectivity index (χ4v) is 2.90. The number of phenols is 2. The number of aromatic hydroxyl groups is 2. The van der Waals surface area contributed by atoms with E-state index in [0.29, 0.717) is 35.6 Å². The summed E-state index contributed by atoms with van der Waals surface area (Å²) in [6.45, 7) is 0.604. The number of carbonyl (C=O) groups is 3. The lowest BCUT2D eigenvalue weighted by Crippen LogP contribution is -2.29. The van der Waals surface area contributed by atoms with Gasteiger partial charge < -0.3 is 36.3 Å². The third kappa shape index (κ3) is 11.9. The molecule has 1 atom stereocenters. The number of ether oxygens (including phenoxy) is 2. The highest BCUT2D eigenvalue weighted by Crippen LogP contribution is 2.27. The lowest BCUT2D eigenvalue weighted by atomic mass is 10.1. The summed E-state index contributed by atoms with van der Waals surface area (Å²) in [5.41, 5.74) is 11.7. The van der Waals surface area contributed by atoms with Gasteiger partial charge in [0.2, 0.25) is 0 Å². The Morgan fingerprint density at radius 2 is 1.32 bits per heavy atom. The second-order valence-corrected chi connectivity index (χ2v) is 7.87. The van der Waals surface area contributed by atoms with Gasteiger partial charge in [0.05, 0.1) is 20.6 Å². The highest BCUT2D eigenvalue weighted by atomic mass is 16.5. The molecule has 200 valence electrons. The molecule has 0 saturated heterocycles. The lowest BCUT2D eigenvalue weighted by molar-refractivity contribution is -0.138. The first-order valence-corrected chi connectivity index (χ1v) is 11.5. The maximum atomic E-state index is 11.9. The molecule has 1 unspecified atom stereocenters. The minimum Gasteiger partial charge on any atom is -0.504 e. The van der Waals surface area contributed by atoms with Crippen LogP contribution < -0.4 is 20.9 Å². The summed E-state index contributed by atoms with van der Waals surface area (Å²) in [5, 5.41) is 27.4. The van der Waals surface area contributed by atoms with E-state index in [4.69, 9.17) is 26.0 Å². The van der Waals surface area contributed by atoms with Gasteiger partial charge >= 0.3 is 5.97 Å². The van der Waals surface area contributed by atoms with Gasteiger partial charge in [-0.3, -0.25) is 14.4 Å². The Morgan fingerprint density at radius 3 is 1.70 bits per heavy atom. The summed E-state index contributed by atoms with van der Waals surface area (Å²) in [4.78, 5) is 34.0. The van der Waals surface area contributed by atoms with Crippen molar-refractivity contribution in [2.75, 3.05) is 20.8 Å². The first kappa shape index (κ1) is 30.9. The number of benzene rings is 2. The number of aliphatic carboxylic acids is 1. The van der Waals surface area contributed by atoms with Crippen molar-refractivity contribution in [1.29, 1.82) is 0 Å². The average Bonchev–Trinajstić information content (AvgIpc) is 2.88. The molecular weight excluding hydrogens is 480 g/mol. The van der Waals surface area contributed by atoms with Gasteiger partial charge in [-0.25, -0.2) is 0 Å². The van der Waals surface area contributed by atoms with E-state index < -0.39 is 12.0 Å². The summed E-state index contributed by atoms with van der Waals surface area (Å²) < 4.78 is 10.00. The standard InChI is InChI=1S/C21H20O6.C6H14N2O2/c1-26-20-11-14(5-9-18(20)24)3-7-16(22)13-17(23)8-4-15-6-10-19(25)21(12-15)27-2;7-4-2-1-3-5(8)6(9)10/h3-12,24-25H,13H2,1-2H3;5H,1-4,7-8H2,(H,9,10)/b7-3+,8-4+;. The number of methoxy groups -OCH3 is 2. The molecule has 0 bridgehead atoms. The van der Waals surface area contributed by atoms with Gasteiger partial charge in [0, 0.05) is 0 Å². The van der Waals surface area contributed by atoms with Crippen LogP contribution in [0.1, 0.15) is 36.8 Å². The quantitative estimate of drug-likeness (QED) is 0.151. The zero-order valence-electron chi connectivity index (χ0n) is 20.9. The molecule has 0 aliphatic carbocycles. The largest absolute Gasteiger partial charge is 0.504 e. The second kappa shape index (κ2) is 16.5. The van der Waals surface area contributed by atoms with Crippen molar-refractivity contribution >= 4 is 29.7 Å². The van der Waals surface area contributed by atoms with Crippen LogP contribution in [0.4, 0.5) is 0 Å². The third-order valence-corrected chi connectivity index (χ3v) is 4.97. The fourth-order valence-electron chi connectivity index (χ4n) is 2.90. The van der Waals surface area contributed by atoms with Crippen molar-refractivity contribution in [3.8, 4) is 23.0 Å². The Bertz CT molecular complexity index is 1040. The highest BCUT2D eigenvalue weighted by Gasteiger charge is 2.09. The Balaban J connectivity index is 0.000000580. The summed E-state index contributed by atoms with van der Waals surface area (Å²) in [6.07, 6.45) is 7.61. The molecule has 37 heavy (non-hydrogen) atoms. The highest BCUT2D eigenvalue weighted by molar-refractivity contribution is 6.10. The molecule has 2 aromatic rings. The zero-order chi connectivity index (χ0) is 27.8. The SMILES string of the molecule is COc1cc(/C=C/C(=O)CC(=O)/C=C/c2ccc(O)c(OC)c2)ccc1O.NCCCCC(N)C(=O)O. The van der Waals surface area contributed by atoms with E-state index in [1.807, 2.05) is 0 Å². The number of carboxylic acids is 1. The summed E-state index contributed by atoms with van der Waals surface area (Å²) in [7, 11) is 2.87. The van der Waals surface area contributed by atoms with Crippen LogP contribution in [0.2, 0.25) is 0 Å². The van der Waals surface area contributed by atoms with Crippen LogP contribution in [0.15, 0.2) is 48.6 Å². The van der Waals surface area contributed by atoms with E-state index in [9.17, 15) is 24.6 Å². The molecule has 2 aromatic carbocycles. The van der Waals surface area contributed by atoms with Crippen LogP contribution in [0, 0.1) is 0 Å². The van der Waals surface area contributed by atoms with Crippen molar-refractivity contribution < 1.29 is 39.2 Å². The molecule has 0 saturated carbocycles. The Morgan fingerprint density at radius 1 is 0.865 bits per heavy atom. The van der Waals surface area contributed by atoms with E-state index in [0.717, 1.165) is 12.8 Å². The predicted octanol–water partition coefficient (Wildman–Crippen LogP) is 2.90. The molecule has 0 radical (unpaired) electrons. The van der Waals surface area contributed by atoms with E-state index in [1.54, 1.807) is 36.4 Å². The summed E-state index contributed by atoms with van der Waals surface area (Å²) in [6, 6.07) is 8.62. The van der Waals surface area contributed by atoms with Crippen LogP contribution in [0.5, 0.6) is 23.0 Å². The summed E-state index contributed by atoms with van der Waals surface area (Å²) >= 11 is 0. The van der Waals surface area contributed by atoms with Gasteiger partial charge in [0.1, 0.15) is 6.04 Å². The van der Waals surface area contributed by atoms with Gasteiger partial charge in [0.25, 0.3) is 0 Å². The first-order chi connectivity index (χ1) is 17.6. The number of unbranched alkanes of at least 4 members (excludes halogenated alkanes) is 1. The second-order valence-electron chi connectivity index (χ2n) is 7.87. The number of hydrogen-bond acceptors (Lipinski definition) is 9. The lowest BCUT2D eigenvalue weighted by Gasteiger charge is -2.03. The molecule has 0 amide bonds. The van der Waals surface area contributed by atoms with Gasteiger partial charge in [0.15, 0.2) is 34.6 Å². The van der Waals surface area contributed by atoms with E-state index in [-0.39, 0.29) is 29.5 Å². The zero-order valence-corrected chi connectivity index (χ0v) is 20.9. The average molecular weight is 515 g/mol. The maximum Gasteiger partial charge on any atom is 0.320 e. The number of rotatable bonds is 13. The molecule has 0 heterocycles. The van der Waals surface area contributed by atoms with Crippen LogP contribution in [0.3, 0.4) is 0 Å². The minimum absolute atomic E-state index is 0.00662. The Hall–Kier alpha value is -4.15. The van der Waals surface area contributed by atoms with Crippen LogP contribution in [-0.4, -0.2) is 59.7 Å². The Kier molecular flexibility index (Phi) is 13.8. The van der Waals surface area contributed by atoms with Crippen molar-refractivity contribution in [3.63, 3.8) is 0 Å². The Labute approximate surface area is 215 Å². The maximum absolute atomic E-state index is 11.9. The van der Waals surface area contributed by atoms with E-state index in [1.165, 1.54) is 38.5 Å². The number of carboxylic acid groups (broad SMARTS) is 1. The molecule has 0 aliphatic heterocycles. The molecule has 0 aliphatic rings. The van der Waals surface area contributed by atoms with Crippen molar-refractivity contribution in [1.82, 2.24) is 0 Å². The van der Waals surface area contributed by atoms with Gasteiger partial charge in [-0.15, -0.1) is 0 Å². The van der Waals surface area contributed by atoms with Gasteiger partial charge in [-0.05, 0) is 66.9 Å². The number of ketones is 2. The first-order valence-electron chi connectivity index (χ1n) is 11.5. The van der Waals surface area contributed by atoms with Crippen LogP contribution in [0.25, 0.3) is 12.2 Å². The normalized spacial score (nSPS) is 11.6. The molecule has 0 spiro atoms. The smallest absolute Gasteiger partial charge is 0.320 e.